The van der Waals surface area contributed by atoms with Crippen LogP contribution in [0, 0.1) is 0 Å². The van der Waals surface area contributed by atoms with Gasteiger partial charge in [0.15, 0.2) is 5.69 Å². The predicted molar refractivity (Wildman–Crippen MR) is 83.1 cm³/mol. The Morgan fingerprint density at radius 3 is 2.33 bits per heavy atom. The molecule has 1 aromatic rings. The van der Waals surface area contributed by atoms with Crippen LogP contribution in [0.2, 0.25) is 0 Å². The molecule has 0 aromatic carbocycles. The van der Waals surface area contributed by atoms with Crippen molar-refractivity contribution < 1.29 is 4.79 Å². The molecule has 0 atom stereocenters. The molecule has 1 amide bonds. The number of hydrogen-bond acceptors (Lipinski definition) is 5. The largest absolute Gasteiger partial charge is 0.396 e. The van der Waals surface area contributed by atoms with Gasteiger partial charge < -0.3 is 10.6 Å². The summed E-state index contributed by atoms with van der Waals surface area (Å²) in [4.78, 5) is 25.4. The lowest BCUT2D eigenvalue weighted by molar-refractivity contribution is 0.0590. The molecule has 1 fully saturated rings. The quantitative estimate of drug-likeness (QED) is 0.909. The summed E-state index contributed by atoms with van der Waals surface area (Å²) in [5.74, 6) is 0.753. The maximum absolute atomic E-state index is 12.6. The minimum atomic E-state index is -0.0831. The molecular formula is C15H25N5O. The van der Waals surface area contributed by atoms with E-state index in [1.807, 2.05) is 18.7 Å². The second-order valence-electron chi connectivity index (χ2n) is 6.11. The number of amides is 1. The minimum absolute atomic E-state index is 0.0831. The van der Waals surface area contributed by atoms with E-state index in [0.29, 0.717) is 23.2 Å². The van der Waals surface area contributed by atoms with E-state index in [0.717, 1.165) is 26.2 Å². The fourth-order valence-corrected chi connectivity index (χ4v) is 2.45. The van der Waals surface area contributed by atoms with E-state index < -0.39 is 0 Å². The molecule has 1 aromatic heterocycles. The Balaban J connectivity index is 2.12. The standard InChI is InChI=1S/C15H25N5O/c1-10(2)14-17-9-12(16)13(18-14)15(21)20-7-5-19(6-8-20)11(3)4/h9-11H,5-8,16H2,1-4H3. The van der Waals surface area contributed by atoms with Crippen molar-refractivity contribution in [3.05, 3.63) is 17.7 Å². The number of nitrogen functional groups attached to an aromatic ring is 1. The number of rotatable bonds is 3. The number of nitrogens with two attached hydrogens (primary N) is 1. The van der Waals surface area contributed by atoms with Crippen LogP contribution in [-0.4, -0.2) is 57.9 Å². The third-order valence-corrected chi connectivity index (χ3v) is 3.89. The molecule has 21 heavy (non-hydrogen) atoms. The molecule has 1 saturated heterocycles. The molecule has 0 spiro atoms. The van der Waals surface area contributed by atoms with Crippen molar-refractivity contribution >= 4 is 11.6 Å². The summed E-state index contributed by atoms with van der Waals surface area (Å²) in [6.07, 6.45) is 1.54. The maximum Gasteiger partial charge on any atom is 0.274 e. The molecule has 0 saturated carbocycles. The van der Waals surface area contributed by atoms with Crippen LogP contribution in [0.5, 0.6) is 0 Å². The number of carbonyl (C=O) groups excluding carboxylic acids is 1. The molecular weight excluding hydrogens is 266 g/mol. The van der Waals surface area contributed by atoms with Crippen molar-refractivity contribution in [2.75, 3.05) is 31.9 Å². The third-order valence-electron chi connectivity index (χ3n) is 3.89. The first-order valence-corrected chi connectivity index (χ1v) is 7.56. The van der Waals surface area contributed by atoms with Gasteiger partial charge in [-0.05, 0) is 13.8 Å². The van der Waals surface area contributed by atoms with Gasteiger partial charge in [0, 0.05) is 38.1 Å². The van der Waals surface area contributed by atoms with E-state index in [1.54, 1.807) is 6.20 Å². The van der Waals surface area contributed by atoms with Gasteiger partial charge in [-0.25, -0.2) is 9.97 Å². The lowest BCUT2D eigenvalue weighted by Crippen LogP contribution is -2.51. The highest BCUT2D eigenvalue weighted by Gasteiger charge is 2.26. The Morgan fingerprint density at radius 2 is 1.81 bits per heavy atom. The first-order valence-electron chi connectivity index (χ1n) is 7.56. The first-order chi connectivity index (χ1) is 9.90. The maximum atomic E-state index is 12.6. The van der Waals surface area contributed by atoms with E-state index in [9.17, 15) is 4.79 Å². The fraction of sp³-hybridized carbons (Fsp3) is 0.667. The number of carbonyl (C=O) groups is 1. The normalized spacial score (nSPS) is 16.8. The van der Waals surface area contributed by atoms with Crippen LogP contribution in [-0.2, 0) is 0 Å². The van der Waals surface area contributed by atoms with Gasteiger partial charge in [-0.1, -0.05) is 13.8 Å². The Hall–Kier alpha value is -1.69. The topological polar surface area (TPSA) is 75.3 Å². The predicted octanol–water partition coefficient (Wildman–Crippen LogP) is 1.35. The van der Waals surface area contributed by atoms with E-state index >= 15 is 0 Å². The van der Waals surface area contributed by atoms with Crippen molar-refractivity contribution in [2.45, 2.75) is 39.7 Å². The van der Waals surface area contributed by atoms with Gasteiger partial charge in [-0.3, -0.25) is 9.69 Å². The molecule has 0 aliphatic carbocycles. The van der Waals surface area contributed by atoms with Gasteiger partial charge in [0.25, 0.3) is 5.91 Å². The fourth-order valence-electron chi connectivity index (χ4n) is 2.45. The molecule has 2 rings (SSSR count). The molecule has 2 N–H and O–H groups in total. The van der Waals surface area contributed by atoms with Gasteiger partial charge in [-0.2, -0.15) is 0 Å². The Bertz CT molecular complexity index is 507. The van der Waals surface area contributed by atoms with Crippen LogP contribution in [0.1, 0.15) is 49.9 Å². The smallest absolute Gasteiger partial charge is 0.274 e. The van der Waals surface area contributed by atoms with Crippen LogP contribution >= 0.6 is 0 Å². The van der Waals surface area contributed by atoms with E-state index in [4.69, 9.17) is 5.73 Å². The van der Waals surface area contributed by atoms with Gasteiger partial charge in [0.2, 0.25) is 0 Å². The van der Waals surface area contributed by atoms with E-state index in [-0.39, 0.29) is 11.8 Å². The lowest BCUT2D eigenvalue weighted by atomic mass is 10.2. The molecule has 1 aliphatic heterocycles. The summed E-state index contributed by atoms with van der Waals surface area (Å²) in [6, 6.07) is 0.513. The average molecular weight is 291 g/mol. The van der Waals surface area contributed by atoms with E-state index in [2.05, 4.69) is 28.7 Å². The Kier molecular flexibility index (Phi) is 4.77. The molecule has 2 heterocycles. The van der Waals surface area contributed by atoms with Gasteiger partial charge in [-0.15, -0.1) is 0 Å². The first kappa shape index (κ1) is 15.7. The van der Waals surface area contributed by atoms with Crippen LogP contribution in [0.15, 0.2) is 6.20 Å². The molecule has 0 bridgehead atoms. The number of nitrogens with zero attached hydrogens (tertiary/aromatic N) is 4. The van der Waals surface area contributed by atoms with Crippen LogP contribution < -0.4 is 5.73 Å². The monoisotopic (exact) mass is 291 g/mol. The Labute approximate surface area is 126 Å². The van der Waals surface area contributed by atoms with Crippen LogP contribution in [0.25, 0.3) is 0 Å². The highest BCUT2D eigenvalue weighted by molar-refractivity contribution is 5.97. The zero-order valence-corrected chi connectivity index (χ0v) is 13.3. The van der Waals surface area contributed by atoms with Gasteiger partial charge in [0.1, 0.15) is 5.82 Å². The van der Waals surface area contributed by atoms with Gasteiger partial charge >= 0.3 is 0 Å². The highest BCUT2D eigenvalue weighted by atomic mass is 16.2. The molecule has 6 nitrogen and oxygen atoms in total. The average Bonchev–Trinajstić information content (AvgIpc) is 2.47. The van der Waals surface area contributed by atoms with Crippen molar-refractivity contribution in [3.8, 4) is 0 Å². The number of piperazine rings is 1. The van der Waals surface area contributed by atoms with Crippen molar-refractivity contribution in [1.29, 1.82) is 0 Å². The molecule has 116 valence electrons. The summed E-state index contributed by atoms with van der Waals surface area (Å²) in [5, 5.41) is 0. The van der Waals surface area contributed by atoms with Gasteiger partial charge in [0.05, 0.1) is 11.9 Å². The van der Waals surface area contributed by atoms with Crippen LogP contribution in [0.3, 0.4) is 0 Å². The summed E-state index contributed by atoms with van der Waals surface area (Å²) in [6.45, 7) is 11.6. The Morgan fingerprint density at radius 1 is 1.19 bits per heavy atom. The number of hydrogen-bond donors (Lipinski definition) is 1. The molecule has 0 unspecified atom stereocenters. The third kappa shape index (κ3) is 3.50. The summed E-state index contributed by atoms with van der Waals surface area (Å²) < 4.78 is 0. The summed E-state index contributed by atoms with van der Waals surface area (Å²) >= 11 is 0. The van der Waals surface area contributed by atoms with E-state index in [1.165, 1.54) is 0 Å². The lowest BCUT2D eigenvalue weighted by Gasteiger charge is -2.36. The molecule has 0 radical (unpaired) electrons. The van der Waals surface area contributed by atoms with Crippen molar-refractivity contribution in [3.63, 3.8) is 0 Å². The minimum Gasteiger partial charge on any atom is -0.396 e. The highest BCUT2D eigenvalue weighted by Crippen LogP contribution is 2.16. The van der Waals surface area contributed by atoms with Crippen LogP contribution in [0.4, 0.5) is 5.69 Å². The number of anilines is 1. The molecule has 1 aliphatic rings. The second-order valence-corrected chi connectivity index (χ2v) is 6.11. The van der Waals surface area contributed by atoms with Crippen molar-refractivity contribution in [2.24, 2.45) is 0 Å². The summed E-state index contributed by atoms with van der Waals surface area (Å²) in [7, 11) is 0. The zero-order valence-electron chi connectivity index (χ0n) is 13.3. The molecule has 6 heteroatoms. The number of aromatic nitrogens is 2. The van der Waals surface area contributed by atoms with Crippen molar-refractivity contribution in [1.82, 2.24) is 19.8 Å². The SMILES string of the molecule is CC(C)c1ncc(N)c(C(=O)N2CCN(C(C)C)CC2)n1. The second kappa shape index (κ2) is 6.39. The zero-order chi connectivity index (χ0) is 15.6. The summed E-state index contributed by atoms with van der Waals surface area (Å²) in [5.41, 5.74) is 6.59.